The number of hydrogen-bond acceptors (Lipinski definition) is 4. The van der Waals surface area contributed by atoms with Crippen LogP contribution in [0, 0.1) is 0 Å². The van der Waals surface area contributed by atoms with Crippen LogP contribution in [0.25, 0.3) is 0 Å². The van der Waals surface area contributed by atoms with E-state index in [0.717, 1.165) is 0 Å². The van der Waals surface area contributed by atoms with Gasteiger partial charge in [0.1, 0.15) is 5.75 Å². The van der Waals surface area contributed by atoms with Crippen molar-refractivity contribution in [3.63, 3.8) is 0 Å². The maximum absolute atomic E-state index is 13.1. The third kappa shape index (κ3) is 3.18. The highest BCUT2D eigenvalue weighted by Crippen LogP contribution is 2.46. The van der Waals surface area contributed by atoms with E-state index in [9.17, 15) is 9.59 Å². The van der Waals surface area contributed by atoms with Crippen LogP contribution in [0.1, 0.15) is 17.3 Å². The average molecular weight is 469 g/mol. The zero-order valence-electron chi connectivity index (χ0n) is 13.3. The number of para-hydroxylation sites is 2. The molecule has 5 nitrogen and oxygen atoms in total. The molecule has 0 saturated heterocycles. The normalized spacial score (nSPS) is 21.9. The van der Waals surface area contributed by atoms with Crippen LogP contribution in [0.4, 0.5) is 5.69 Å². The molecule has 3 rings (SSSR count). The Labute approximate surface area is 162 Å². The Hall–Kier alpha value is -1.86. The summed E-state index contributed by atoms with van der Waals surface area (Å²) in [5.41, 5.74) is 1.07. The lowest BCUT2D eigenvalue weighted by molar-refractivity contribution is -0.153. The van der Waals surface area contributed by atoms with Crippen molar-refractivity contribution in [2.45, 2.75) is 16.4 Å². The highest BCUT2D eigenvalue weighted by Gasteiger charge is 2.54. The number of carbonyl (C=O) groups excluding carboxylic acids is 2. The number of nitrogens with zero attached hydrogens (tertiary/aromatic N) is 1. The van der Waals surface area contributed by atoms with Gasteiger partial charge in [-0.1, -0.05) is 46.3 Å². The number of alkyl halides is 2. The summed E-state index contributed by atoms with van der Waals surface area (Å²) in [6, 6.07) is 15.9. The first-order chi connectivity index (χ1) is 12.0. The molecule has 0 saturated carbocycles. The van der Waals surface area contributed by atoms with E-state index >= 15 is 0 Å². The number of anilines is 1. The topological polar surface area (TPSA) is 55.8 Å². The number of fused-ring (bicyclic) bond motifs is 1. The van der Waals surface area contributed by atoms with Crippen molar-refractivity contribution in [3.8, 4) is 5.75 Å². The largest absolute Gasteiger partial charge is 0.462 e. The molecule has 0 aliphatic carbocycles. The van der Waals surface area contributed by atoms with E-state index < -0.39 is 15.4 Å². The molecule has 0 radical (unpaired) electrons. The van der Waals surface area contributed by atoms with E-state index in [4.69, 9.17) is 9.47 Å². The summed E-state index contributed by atoms with van der Waals surface area (Å²) in [7, 11) is 0. The lowest BCUT2D eigenvalue weighted by Crippen LogP contribution is -2.59. The van der Waals surface area contributed by atoms with Crippen LogP contribution in [0.3, 0.4) is 0 Å². The van der Waals surface area contributed by atoms with Crippen molar-refractivity contribution in [1.29, 1.82) is 0 Å². The number of ether oxygens (including phenoxy) is 2. The molecule has 1 heterocycles. The fraction of sp³-hybridized carbons (Fsp3) is 0.222. The van der Waals surface area contributed by atoms with Gasteiger partial charge in [-0.3, -0.25) is 9.69 Å². The van der Waals surface area contributed by atoms with Gasteiger partial charge in [0, 0.05) is 5.56 Å². The smallest absolute Gasteiger partial charge is 0.365 e. The molecule has 0 N–H and O–H groups in total. The fourth-order valence-electron chi connectivity index (χ4n) is 2.54. The summed E-state index contributed by atoms with van der Waals surface area (Å²) in [4.78, 5) is 26.3. The van der Waals surface area contributed by atoms with Crippen molar-refractivity contribution in [2.24, 2.45) is 0 Å². The second-order valence-electron chi connectivity index (χ2n) is 5.31. The van der Waals surface area contributed by atoms with E-state index in [-0.39, 0.29) is 12.5 Å². The van der Waals surface area contributed by atoms with Gasteiger partial charge >= 0.3 is 5.97 Å². The Morgan fingerprint density at radius 3 is 2.48 bits per heavy atom. The summed E-state index contributed by atoms with van der Waals surface area (Å²) in [5, 5.41) is 0. The summed E-state index contributed by atoms with van der Waals surface area (Å²) in [6.45, 7) is 1.91. The number of benzene rings is 2. The molecule has 7 heteroatoms. The minimum absolute atomic E-state index is 0.198. The predicted octanol–water partition coefficient (Wildman–Crippen LogP) is 4.10. The average Bonchev–Trinajstić information content (AvgIpc) is 2.63. The number of amides is 1. The molecule has 1 aliphatic heterocycles. The van der Waals surface area contributed by atoms with Crippen LogP contribution < -0.4 is 9.64 Å². The van der Waals surface area contributed by atoms with Gasteiger partial charge in [-0.15, -0.1) is 0 Å². The van der Waals surface area contributed by atoms with Crippen molar-refractivity contribution in [1.82, 2.24) is 0 Å². The number of rotatable bonds is 3. The monoisotopic (exact) mass is 467 g/mol. The first kappa shape index (κ1) is 17.9. The lowest BCUT2D eigenvalue weighted by atomic mass is 10.1. The summed E-state index contributed by atoms with van der Waals surface area (Å²) >= 11 is 6.79. The van der Waals surface area contributed by atoms with Gasteiger partial charge in [-0.2, -0.15) is 0 Å². The van der Waals surface area contributed by atoms with E-state index in [2.05, 4.69) is 31.9 Å². The highest BCUT2D eigenvalue weighted by atomic mass is 79.9. The van der Waals surface area contributed by atoms with E-state index in [1.807, 2.05) is 6.07 Å². The van der Waals surface area contributed by atoms with Crippen molar-refractivity contribution in [2.75, 3.05) is 11.5 Å². The Morgan fingerprint density at radius 2 is 1.80 bits per heavy atom. The first-order valence-corrected chi connectivity index (χ1v) is 9.36. The lowest BCUT2D eigenvalue weighted by Gasteiger charge is -2.42. The van der Waals surface area contributed by atoms with Crippen LogP contribution >= 0.6 is 31.9 Å². The molecular weight excluding hydrogens is 454 g/mol. The molecule has 2 aromatic rings. The Balaban J connectivity index is 2.09. The second kappa shape index (κ2) is 7.17. The van der Waals surface area contributed by atoms with Gasteiger partial charge in [-0.25, -0.2) is 4.79 Å². The summed E-state index contributed by atoms with van der Waals surface area (Å²) in [6.07, 6.45) is 0. The molecule has 2 atom stereocenters. The van der Waals surface area contributed by atoms with Gasteiger partial charge in [-0.05, 0) is 47.1 Å². The van der Waals surface area contributed by atoms with Crippen LogP contribution in [0.2, 0.25) is 0 Å². The molecule has 1 amide bonds. The number of esters is 1. The summed E-state index contributed by atoms with van der Waals surface area (Å²) in [5.74, 6) is -0.462. The van der Waals surface area contributed by atoms with Crippen LogP contribution in [0.5, 0.6) is 5.75 Å². The zero-order valence-corrected chi connectivity index (χ0v) is 16.5. The molecule has 130 valence electrons. The number of carbonyl (C=O) groups is 2. The van der Waals surface area contributed by atoms with Crippen LogP contribution in [-0.4, -0.2) is 27.9 Å². The maximum Gasteiger partial charge on any atom is 0.365 e. The molecule has 0 spiro atoms. The quantitative estimate of drug-likeness (QED) is 0.386. The van der Waals surface area contributed by atoms with E-state index in [1.165, 1.54) is 4.90 Å². The standard InChI is InChI=1S/C18H15Br2NO4/c1-2-24-17(23)18(20)16(19)21(13-10-6-7-11-14(13)25-18)15(22)12-8-4-3-5-9-12/h3-11,16H,2H2,1H3. The molecular formula is C18H15Br2NO4. The Kier molecular flexibility index (Phi) is 5.15. The highest BCUT2D eigenvalue weighted by molar-refractivity contribution is 9.12. The summed E-state index contributed by atoms with van der Waals surface area (Å²) < 4.78 is 9.43. The van der Waals surface area contributed by atoms with Crippen molar-refractivity contribution in [3.05, 3.63) is 60.2 Å². The SMILES string of the molecule is CCOC(=O)C1(Br)Oc2ccccc2N(C(=O)c2ccccc2)C1Br. The van der Waals surface area contributed by atoms with Crippen molar-refractivity contribution >= 4 is 49.4 Å². The minimum Gasteiger partial charge on any atom is -0.462 e. The molecule has 2 unspecified atom stereocenters. The minimum atomic E-state index is -1.55. The molecule has 25 heavy (non-hydrogen) atoms. The van der Waals surface area contributed by atoms with E-state index in [1.54, 1.807) is 55.5 Å². The van der Waals surface area contributed by atoms with Crippen molar-refractivity contribution < 1.29 is 19.1 Å². The second-order valence-corrected chi connectivity index (χ2v) is 7.36. The maximum atomic E-state index is 13.1. The third-order valence-corrected chi connectivity index (χ3v) is 6.30. The number of halogens is 2. The van der Waals surface area contributed by atoms with Gasteiger partial charge in [0.05, 0.1) is 12.3 Å². The third-order valence-electron chi connectivity index (χ3n) is 3.71. The van der Waals surface area contributed by atoms with Crippen LogP contribution in [0.15, 0.2) is 54.6 Å². The molecule has 0 bridgehead atoms. The van der Waals surface area contributed by atoms with Crippen LogP contribution in [-0.2, 0) is 9.53 Å². The number of hydrogen-bond donors (Lipinski definition) is 0. The van der Waals surface area contributed by atoms with Gasteiger partial charge < -0.3 is 9.47 Å². The molecule has 0 fully saturated rings. The molecule has 0 aromatic heterocycles. The molecule has 2 aromatic carbocycles. The van der Waals surface area contributed by atoms with Gasteiger partial charge in [0.2, 0.25) is 0 Å². The van der Waals surface area contributed by atoms with E-state index in [0.29, 0.717) is 17.0 Å². The molecule has 1 aliphatic rings. The Morgan fingerprint density at radius 1 is 1.16 bits per heavy atom. The predicted molar refractivity (Wildman–Crippen MR) is 101 cm³/mol. The van der Waals surface area contributed by atoms with Gasteiger partial charge in [0.25, 0.3) is 10.4 Å². The zero-order chi connectivity index (χ0) is 18.0. The first-order valence-electron chi connectivity index (χ1n) is 7.66. The fourth-order valence-corrected chi connectivity index (χ4v) is 3.72. The Bertz CT molecular complexity index is 799. The van der Waals surface area contributed by atoms with Gasteiger partial charge in [0.15, 0.2) is 4.95 Å².